The topological polar surface area (TPSA) is 112 Å². The summed E-state index contributed by atoms with van der Waals surface area (Å²) in [5.41, 5.74) is 0.525. The van der Waals surface area contributed by atoms with E-state index in [1.165, 1.54) is 18.6 Å². The van der Waals surface area contributed by atoms with Crippen LogP contribution >= 0.6 is 15.9 Å². The number of nitrogens with zero attached hydrogens (tertiary/aromatic N) is 1. The van der Waals surface area contributed by atoms with Crippen molar-refractivity contribution in [2.75, 3.05) is 0 Å². The van der Waals surface area contributed by atoms with E-state index in [2.05, 4.69) is 30.6 Å². The van der Waals surface area contributed by atoms with Crippen LogP contribution < -0.4 is 4.72 Å². The molecule has 0 spiro atoms. The quantitative estimate of drug-likeness (QED) is 0.702. The van der Waals surface area contributed by atoms with Crippen LogP contribution in [0.25, 0.3) is 0 Å². The number of sulfonamides is 1. The molecule has 1 unspecified atom stereocenters. The summed E-state index contributed by atoms with van der Waals surface area (Å²) in [6, 6.07) is 4.90. The largest absolute Gasteiger partial charge is 0.480 e. The van der Waals surface area contributed by atoms with Crippen molar-refractivity contribution in [3.8, 4) is 0 Å². The number of hydrogen-bond donors (Lipinski definition) is 3. The van der Waals surface area contributed by atoms with E-state index in [0.717, 1.165) is 0 Å². The fourth-order valence-electron chi connectivity index (χ4n) is 1.71. The number of carboxylic acids is 1. The lowest BCUT2D eigenvalue weighted by Gasteiger charge is -2.14. The summed E-state index contributed by atoms with van der Waals surface area (Å²) in [6.45, 7) is 0. The minimum atomic E-state index is -3.95. The van der Waals surface area contributed by atoms with Gasteiger partial charge in [0, 0.05) is 22.8 Å². The maximum Gasteiger partial charge on any atom is 0.322 e. The first-order chi connectivity index (χ1) is 9.90. The number of rotatable bonds is 6. The predicted octanol–water partition coefficient (Wildman–Crippen LogP) is 1.15. The maximum atomic E-state index is 12.3. The summed E-state index contributed by atoms with van der Waals surface area (Å²) >= 11 is 3.14. The lowest BCUT2D eigenvalue weighted by Crippen LogP contribution is -2.42. The Kier molecular flexibility index (Phi) is 4.76. The first-order valence-electron chi connectivity index (χ1n) is 5.87. The summed E-state index contributed by atoms with van der Waals surface area (Å²) in [6.07, 6.45) is 2.82. The van der Waals surface area contributed by atoms with Crippen LogP contribution in [0.5, 0.6) is 0 Å². The van der Waals surface area contributed by atoms with Gasteiger partial charge in [-0.05, 0) is 28.1 Å². The number of halogens is 1. The van der Waals surface area contributed by atoms with Gasteiger partial charge in [-0.15, -0.1) is 0 Å². The first kappa shape index (κ1) is 15.7. The average molecular weight is 374 g/mol. The molecule has 0 saturated heterocycles. The van der Waals surface area contributed by atoms with Gasteiger partial charge in [-0.3, -0.25) is 4.79 Å². The van der Waals surface area contributed by atoms with Crippen LogP contribution in [0, 0.1) is 0 Å². The third kappa shape index (κ3) is 3.90. The highest BCUT2D eigenvalue weighted by Crippen LogP contribution is 2.21. The van der Waals surface area contributed by atoms with Crippen molar-refractivity contribution in [2.24, 2.45) is 0 Å². The Labute approximate surface area is 129 Å². The molecule has 1 aromatic carbocycles. The molecule has 0 bridgehead atoms. The average Bonchev–Trinajstić information content (AvgIpc) is 2.91. The third-order valence-corrected chi connectivity index (χ3v) is 5.18. The number of benzene rings is 1. The molecule has 0 aliphatic carbocycles. The molecule has 1 atom stereocenters. The van der Waals surface area contributed by atoms with E-state index in [-0.39, 0.29) is 11.3 Å². The molecular formula is C12H12BrN3O4S. The second-order valence-electron chi connectivity index (χ2n) is 4.22. The molecule has 0 saturated carbocycles. The molecule has 0 radical (unpaired) electrons. The van der Waals surface area contributed by atoms with Crippen LogP contribution in [-0.2, 0) is 21.2 Å². The van der Waals surface area contributed by atoms with Crippen molar-refractivity contribution in [1.82, 2.24) is 14.7 Å². The Bertz CT molecular complexity index is 731. The zero-order valence-corrected chi connectivity index (χ0v) is 13.1. The van der Waals surface area contributed by atoms with Gasteiger partial charge in [-0.1, -0.05) is 12.1 Å². The van der Waals surface area contributed by atoms with E-state index in [1.54, 1.807) is 18.2 Å². The highest BCUT2D eigenvalue weighted by atomic mass is 79.9. The maximum absolute atomic E-state index is 12.3. The van der Waals surface area contributed by atoms with Gasteiger partial charge in [0.25, 0.3) is 0 Å². The molecular weight excluding hydrogens is 362 g/mol. The SMILES string of the molecule is O=C(O)C(Cc1cnc[nH]1)NS(=O)(=O)c1ccccc1Br. The number of nitrogens with one attached hydrogen (secondary N) is 2. The molecule has 0 fully saturated rings. The van der Waals surface area contributed by atoms with Gasteiger partial charge in [-0.25, -0.2) is 13.4 Å². The van der Waals surface area contributed by atoms with Crippen molar-refractivity contribution in [2.45, 2.75) is 17.4 Å². The molecule has 0 aliphatic rings. The zero-order chi connectivity index (χ0) is 15.5. The molecule has 2 aromatic rings. The summed E-state index contributed by atoms with van der Waals surface area (Å²) in [5, 5.41) is 9.18. The smallest absolute Gasteiger partial charge is 0.322 e. The Balaban J connectivity index is 2.24. The Morgan fingerprint density at radius 3 is 2.71 bits per heavy atom. The fraction of sp³-hybridized carbons (Fsp3) is 0.167. The van der Waals surface area contributed by atoms with Crippen LogP contribution in [0.2, 0.25) is 0 Å². The van der Waals surface area contributed by atoms with Gasteiger partial charge in [0.05, 0.1) is 11.2 Å². The second-order valence-corrected chi connectivity index (χ2v) is 6.76. The minimum Gasteiger partial charge on any atom is -0.480 e. The standard InChI is InChI=1S/C12H12BrN3O4S/c13-9-3-1-2-4-11(9)21(19,20)16-10(12(17)18)5-8-6-14-7-15-8/h1-4,6-7,10,16H,5H2,(H,14,15)(H,17,18). The number of hydrogen-bond acceptors (Lipinski definition) is 4. The summed E-state index contributed by atoms with van der Waals surface area (Å²) in [4.78, 5) is 17.7. The highest BCUT2D eigenvalue weighted by Gasteiger charge is 2.27. The van der Waals surface area contributed by atoms with Crippen molar-refractivity contribution in [3.63, 3.8) is 0 Å². The van der Waals surface area contributed by atoms with Crippen molar-refractivity contribution < 1.29 is 18.3 Å². The zero-order valence-electron chi connectivity index (χ0n) is 10.7. The van der Waals surface area contributed by atoms with E-state index in [0.29, 0.717) is 10.2 Å². The lowest BCUT2D eigenvalue weighted by molar-refractivity contribution is -0.138. The Morgan fingerprint density at radius 2 is 2.14 bits per heavy atom. The molecule has 112 valence electrons. The number of aliphatic carboxylic acids is 1. The monoisotopic (exact) mass is 373 g/mol. The molecule has 21 heavy (non-hydrogen) atoms. The van der Waals surface area contributed by atoms with Gasteiger partial charge < -0.3 is 10.1 Å². The van der Waals surface area contributed by atoms with Gasteiger partial charge in [0.15, 0.2) is 0 Å². The molecule has 3 N–H and O–H groups in total. The second kappa shape index (κ2) is 6.37. The third-order valence-electron chi connectivity index (χ3n) is 2.70. The number of carboxylic acid groups (broad SMARTS) is 1. The first-order valence-corrected chi connectivity index (χ1v) is 8.14. The van der Waals surface area contributed by atoms with E-state index >= 15 is 0 Å². The molecule has 0 aliphatic heterocycles. The van der Waals surface area contributed by atoms with Gasteiger partial charge in [-0.2, -0.15) is 4.72 Å². The Morgan fingerprint density at radius 1 is 1.43 bits per heavy atom. The van der Waals surface area contributed by atoms with E-state index in [1.807, 2.05) is 0 Å². The lowest BCUT2D eigenvalue weighted by atomic mass is 10.2. The van der Waals surface area contributed by atoms with E-state index in [4.69, 9.17) is 0 Å². The van der Waals surface area contributed by atoms with Crippen molar-refractivity contribution in [1.29, 1.82) is 0 Å². The number of aromatic amines is 1. The predicted molar refractivity (Wildman–Crippen MR) is 78.2 cm³/mol. The van der Waals surface area contributed by atoms with Gasteiger partial charge in [0.1, 0.15) is 6.04 Å². The normalized spacial score (nSPS) is 13.0. The highest BCUT2D eigenvalue weighted by molar-refractivity contribution is 9.10. The van der Waals surface area contributed by atoms with Crippen LogP contribution in [0.1, 0.15) is 5.69 Å². The van der Waals surface area contributed by atoms with Crippen LogP contribution in [-0.4, -0.2) is 35.5 Å². The Hall–Kier alpha value is -1.71. The van der Waals surface area contributed by atoms with Crippen molar-refractivity contribution >= 4 is 31.9 Å². The van der Waals surface area contributed by atoms with Crippen molar-refractivity contribution in [3.05, 3.63) is 47.0 Å². The number of carbonyl (C=O) groups is 1. The summed E-state index contributed by atoms with van der Waals surface area (Å²) < 4.78 is 27.1. The molecule has 7 nitrogen and oxygen atoms in total. The van der Waals surface area contributed by atoms with Crippen LogP contribution in [0.15, 0.2) is 46.2 Å². The minimum absolute atomic E-state index is 0.0131. The molecule has 9 heteroatoms. The molecule has 2 rings (SSSR count). The van der Waals surface area contributed by atoms with Crippen LogP contribution in [0.3, 0.4) is 0 Å². The number of aromatic nitrogens is 2. The van der Waals surface area contributed by atoms with E-state index < -0.39 is 22.0 Å². The fourth-order valence-corrected chi connectivity index (χ4v) is 3.90. The van der Waals surface area contributed by atoms with E-state index in [9.17, 15) is 18.3 Å². The molecule has 1 aromatic heterocycles. The van der Waals surface area contributed by atoms with Crippen LogP contribution in [0.4, 0.5) is 0 Å². The molecule has 1 heterocycles. The number of imidazole rings is 1. The summed E-state index contributed by atoms with van der Waals surface area (Å²) in [7, 11) is -3.95. The van der Waals surface area contributed by atoms with Gasteiger partial charge in [0.2, 0.25) is 10.0 Å². The van der Waals surface area contributed by atoms with Gasteiger partial charge >= 0.3 is 5.97 Å². The number of H-pyrrole nitrogens is 1. The summed E-state index contributed by atoms with van der Waals surface area (Å²) in [5.74, 6) is -1.26. The molecule has 0 amide bonds.